The SMILES string of the molecule is O=C(CCl)C(=O)c1ccc2c(c1)CCCS2. The second-order valence-corrected chi connectivity index (χ2v) is 5.06. The Bertz CT molecular complexity index is 443. The normalized spacial score (nSPS) is 14.3. The van der Waals surface area contributed by atoms with Crippen molar-refractivity contribution in [3.8, 4) is 0 Å². The third-order valence-electron chi connectivity index (χ3n) is 2.55. The maximum atomic E-state index is 11.6. The molecule has 2 rings (SSSR count). The predicted molar refractivity (Wildman–Crippen MR) is 65.5 cm³/mol. The molecule has 0 amide bonds. The highest BCUT2D eigenvalue weighted by Gasteiger charge is 2.17. The first kappa shape index (κ1) is 11.7. The molecule has 0 saturated carbocycles. The fourth-order valence-corrected chi connectivity index (χ4v) is 2.86. The summed E-state index contributed by atoms with van der Waals surface area (Å²) in [6.07, 6.45) is 2.11. The maximum Gasteiger partial charge on any atom is 0.229 e. The highest BCUT2D eigenvalue weighted by molar-refractivity contribution is 7.99. The minimum absolute atomic E-state index is 0.245. The summed E-state index contributed by atoms with van der Waals surface area (Å²) in [6, 6.07) is 5.46. The molecule has 1 aliphatic heterocycles. The monoisotopic (exact) mass is 254 g/mol. The van der Waals surface area contributed by atoms with Crippen LogP contribution in [0.25, 0.3) is 0 Å². The van der Waals surface area contributed by atoms with Gasteiger partial charge in [0.2, 0.25) is 11.6 Å². The topological polar surface area (TPSA) is 34.1 Å². The number of hydrogen-bond acceptors (Lipinski definition) is 3. The smallest absolute Gasteiger partial charge is 0.229 e. The Hall–Kier alpha value is -0.800. The van der Waals surface area contributed by atoms with Crippen molar-refractivity contribution in [2.24, 2.45) is 0 Å². The quantitative estimate of drug-likeness (QED) is 0.473. The largest absolute Gasteiger partial charge is 0.289 e. The number of rotatable bonds is 3. The van der Waals surface area contributed by atoms with Crippen molar-refractivity contribution in [1.82, 2.24) is 0 Å². The Labute approximate surface area is 103 Å². The van der Waals surface area contributed by atoms with E-state index in [1.54, 1.807) is 17.8 Å². The summed E-state index contributed by atoms with van der Waals surface area (Å²) >= 11 is 7.17. The first-order chi connectivity index (χ1) is 7.72. The summed E-state index contributed by atoms with van der Waals surface area (Å²) in [5, 5.41) is 0. The number of halogens is 1. The molecule has 0 atom stereocenters. The summed E-state index contributed by atoms with van der Waals surface area (Å²) < 4.78 is 0. The van der Waals surface area contributed by atoms with Gasteiger partial charge in [0.1, 0.15) is 0 Å². The van der Waals surface area contributed by atoms with E-state index >= 15 is 0 Å². The van der Waals surface area contributed by atoms with Crippen LogP contribution in [0.4, 0.5) is 0 Å². The highest BCUT2D eigenvalue weighted by Crippen LogP contribution is 2.30. The van der Waals surface area contributed by atoms with Gasteiger partial charge in [-0.3, -0.25) is 9.59 Å². The zero-order valence-corrected chi connectivity index (χ0v) is 10.2. The Morgan fingerprint density at radius 1 is 1.38 bits per heavy atom. The van der Waals surface area contributed by atoms with Gasteiger partial charge in [0.25, 0.3) is 0 Å². The molecule has 16 heavy (non-hydrogen) atoms. The molecule has 0 radical (unpaired) electrons. The van der Waals surface area contributed by atoms with Gasteiger partial charge in [-0.25, -0.2) is 0 Å². The van der Waals surface area contributed by atoms with Gasteiger partial charge in [-0.15, -0.1) is 23.4 Å². The molecule has 0 fully saturated rings. The van der Waals surface area contributed by atoms with E-state index in [4.69, 9.17) is 11.6 Å². The highest BCUT2D eigenvalue weighted by atomic mass is 35.5. The van der Waals surface area contributed by atoms with Gasteiger partial charge in [-0.1, -0.05) is 0 Å². The van der Waals surface area contributed by atoms with Crippen LogP contribution in [0.5, 0.6) is 0 Å². The third-order valence-corrected chi connectivity index (χ3v) is 3.99. The number of benzene rings is 1. The van der Waals surface area contributed by atoms with Crippen LogP contribution >= 0.6 is 23.4 Å². The Morgan fingerprint density at radius 2 is 2.19 bits per heavy atom. The van der Waals surface area contributed by atoms with Crippen LogP contribution in [0.3, 0.4) is 0 Å². The molecule has 1 aromatic rings. The number of Topliss-reactive ketones (excluding diaryl/α,β-unsaturated/α-hetero) is 2. The average molecular weight is 255 g/mol. The van der Waals surface area contributed by atoms with Crippen molar-refractivity contribution in [3.05, 3.63) is 29.3 Å². The first-order valence-corrected chi connectivity index (χ1v) is 6.63. The molecule has 0 N–H and O–H groups in total. The molecular formula is C12H11ClO2S. The molecule has 1 heterocycles. The maximum absolute atomic E-state index is 11.6. The van der Waals surface area contributed by atoms with Gasteiger partial charge in [-0.2, -0.15) is 0 Å². The van der Waals surface area contributed by atoms with Crippen molar-refractivity contribution in [3.63, 3.8) is 0 Å². The lowest BCUT2D eigenvalue weighted by Crippen LogP contribution is -2.16. The van der Waals surface area contributed by atoms with Gasteiger partial charge in [0, 0.05) is 10.5 Å². The van der Waals surface area contributed by atoms with Crippen LogP contribution in [0.15, 0.2) is 23.1 Å². The Balaban J connectivity index is 2.30. The molecule has 84 valence electrons. The van der Waals surface area contributed by atoms with Crippen molar-refractivity contribution in [2.45, 2.75) is 17.7 Å². The van der Waals surface area contributed by atoms with Crippen molar-refractivity contribution < 1.29 is 9.59 Å². The molecule has 0 spiro atoms. The number of hydrogen-bond donors (Lipinski definition) is 0. The lowest BCUT2D eigenvalue weighted by atomic mass is 10.0. The van der Waals surface area contributed by atoms with E-state index < -0.39 is 11.6 Å². The number of ketones is 2. The van der Waals surface area contributed by atoms with E-state index in [0.717, 1.165) is 18.6 Å². The molecular weight excluding hydrogens is 244 g/mol. The zero-order chi connectivity index (χ0) is 11.5. The van der Waals surface area contributed by atoms with E-state index in [2.05, 4.69) is 0 Å². The average Bonchev–Trinajstić information content (AvgIpc) is 2.36. The van der Waals surface area contributed by atoms with Crippen molar-refractivity contribution >= 4 is 34.9 Å². The molecule has 2 nitrogen and oxygen atoms in total. The first-order valence-electron chi connectivity index (χ1n) is 5.11. The standard InChI is InChI=1S/C12H11ClO2S/c13-7-10(14)12(15)9-3-4-11-8(6-9)2-1-5-16-11/h3-4,6H,1-2,5,7H2. The summed E-state index contributed by atoms with van der Waals surface area (Å²) in [5.41, 5.74) is 1.64. The number of aryl methyl sites for hydroxylation is 1. The molecule has 1 aliphatic rings. The summed E-state index contributed by atoms with van der Waals surface area (Å²) in [5.74, 6) is -0.135. The number of thioether (sulfide) groups is 1. The fraction of sp³-hybridized carbons (Fsp3) is 0.333. The number of fused-ring (bicyclic) bond motifs is 1. The number of carbonyl (C=O) groups excluding carboxylic acids is 2. The molecule has 0 saturated heterocycles. The molecule has 0 bridgehead atoms. The summed E-state index contributed by atoms with van der Waals surface area (Å²) in [6.45, 7) is 0. The van der Waals surface area contributed by atoms with Crippen LogP contribution in [0.1, 0.15) is 22.3 Å². The van der Waals surface area contributed by atoms with Crippen LogP contribution in [-0.4, -0.2) is 23.2 Å². The van der Waals surface area contributed by atoms with Crippen LogP contribution in [0.2, 0.25) is 0 Å². The van der Waals surface area contributed by atoms with Crippen LogP contribution in [0, 0.1) is 0 Å². The molecule has 1 aromatic carbocycles. The molecule has 4 heteroatoms. The van der Waals surface area contributed by atoms with Gasteiger partial charge in [0.15, 0.2) is 0 Å². The molecule has 0 aromatic heterocycles. The van der Waals surface area contributed by atoms with Crippen LogP contribution in [-0.2, 0) is 11.2 Å². The number of alkyl halides is 1. The van der Waals surface area contributed by atoms with E-state index in [9.17, 15) is 9.59 Å². The fourth-order valence-electron chi connectivity index (χ4n) is 1.72. The lowest BCUT2D eigenvalue weighted by Gasteiger charge is -2.15. The van der Waals surface area contributed by atoms with Gasteiger partial charge < -0.3 is 0 Å². The van der Waals surface area contributed by atoms with E-state index in [0.29, 0.717) is 5.56 Å². The second kappa shape index (κ2) is 5.02. The Kier molecular flexibility index (Phi) is 3.66. The predicted octanol–water partition coefficient (Wildman–Crippen LogP) is 2.72. The zero-order valence-electron chi connectivity index (χ0n) is 8.66. The van der Waals surface area contributed by atoms with E-state index in [-0.39, 0.29) is 5.88 Å². The Morgan fingerprint density at radius 3 is 2.94 bits per heavy atom. The van der Waals surface area contributed by atoms with Gasteiger partial charge in [0.05, 0.1) is 5.88 Å². The molecule has 0 unspecified atom stereocenters. The van der Waals surface area contributed by atoms with Crippen molar-refractivity contribution in [1.29, 1.82) is 0 Å². The minimum atomic E-state index is -0.537. The summed E-state index contributed by atoms with van der Waals surface area (Å²) in [7, 11) is 0. The summed E-state index contributed by atoms with van der Waals surface area (Å²) in [4.78, 5) is 24.0. The lowest BCUT2D eigenvalue weighted by molar-refractivity contribution is -0.112. The van der Waals surface area contributed by atoms with E-state index in [1.807, 2.05) is 12.1 Å². The second-order valence-electron chi connectivity index (χ2n) is 3.66. The van der Waals surface area contributed by atoms with Crippen molar-refractivity contribution in [2.75, 3.05) is 11.6 Å². The molecule has 0 aliphatic carbocycles. The van der Waals surface area contributed by atoms with Gasteiger partial charge >= 0.3 is 0 Å². The van der Waals surface area contributed by atoms with Crippen LogP contribution < -0.4 is 0 Å². The number of carbonyl (C=O) groups is 2. The third kappa shape index (κ3) is 2.30. The van der Waals surface area contributed by atoms with E-state index in [1.165, 1.54) is 10.5 Å². The minimum Gasteiger partial charge on any atom is -0.289 e. The van der Waals surface area contributed by atoms with Gasteiger partial charge in [-0.05, 0) is 42.4 Å².